The van der Waals surface area contributed by atoms with Crippen LogP contribution in [0.25, 0.3) is 0 Å². The topological polar surface area (TPSA) is 116 Å². The Morgan fingerprint density at radius 2 is 2.00 bits per heavy atom. The summed E-state index contributed by atoms with van der Waals surface area (Å²) in [5.74, 6) is -1.38. The van der Waals surface area contributed by atoms with Crippen LogP contribution in [0.15, 0.2) is 23.1 Å². The summed E-state index contributed by atoms with van der Waals surface area (Å²) in [5.41, 5.74) is 7.57. The molecule has 0 aliphatic rings. The first kappa shape index (κ1) is 15.1. The van der Waals surface area contributed by atoms with E-state index in [4.69, 9.17) is 5.73 Å². The molecule has 0 heterocycles. The van der Waals surface area contributed by atoms with Gasteiger partial charge in [-0.3, -0.25) is 14.4 Å². The van der Waals surface area contributed by atoms with Gasteiger partial charge < -0.3 is 5.73 Å². The van der Waals surface area contributed by atoms with Gasteiger partial charge >= 0.3 is 0 Å². The molecule has 0 aliphatic heterocycles. The highest BCUT2D eigenvalue weighted by atomic mass is 32.2. The van der Waals surface area contributed by atoms with Crippen molar-refractivity contribution in [2.45, 2.75) is 11.8 Å². The van der Waals surface area contributed by atoms with E-state index in [0.29, 0.717) is 5.56 Å². The number of sulfone groups is 1. The molecule has 0 bridgehead atoms. The molecule has 0 unspecified atom stereocenters. The van der Waals surface area contributed by atoms with E-state index in [0.717, 1.165) is 6.26 Å². The van der Waals surface area contributed by atoms with Gasteiger partial charge in [0, 0.05) is 11.8 Å². The lowest BCUT2D eigenvalue weighted by Crippen LogP contribution is -2.29. The van der Waals surface area contributed by atoms with E-state index in [2.05, 4.69) is 4.84 Å². The summed E-state index contributed by atoms with van der Waals surface area (Å²) < 4.78 is 22.8. The maximum Gasteiger partial charge on any atom is 0.275 e. The second-order valence-corrected chi connectivity index (χ2v) is 5.95. The number of nitrogens with one attached hydrogen (secondary N) is 1. The van der Waals surface area contributed by atoms with Crippen LogP contribution in [-0.2, 0) is 19.5 Å². The van der Waals surface area contributed by atoms with Crippen LogP contribution >= 0.6 is 0 Å². The molecule has 0 aliphatic carbocycles. The molecule has 0 radical (unpaired) electrons. The highest BCUT2D eigenvalue weighted by Crippen LogP contribution is 2.15. The minimum Gasteiger partial charge on any atom is -0.368 e. The fourth-order valence-corrected chi connectivity index (χ4v) is 1.95. The number of carbonyl (C=O) groups is 2. The summed E-state index contributed by atoms with van der Waals surface area (Å²) in [4.78, 5) is 26.8. The lowest BCUT2D eigenvalue weighted by atomic mass is 10.1. The standard InChI is InChI=1S/C11H14N2O5S/c1-7-3-4-8(19(2,16)17)5-9(7)11(15)13-18-6-10(12)14/h3-5H,6H2,1-2H3,(H2,12,14)(H,13,15). The summed E-state index contributed by atoms with van der Waals surface area (Å²) in [5, 5.41) is 0. The number of amides is 2. The Kier molecular flexibility index (Phi) is 4.62. The normalized spacial score (nSPS) is 11.1. The summed E-state index contributed by atoms with van der Waals surface area (Å²) >= 11 is 0. The molecule has 1 aromatic carbocycles. The zero-order chi connectivity index (χ0) is 14.6. The van der Waals surface area contributed by atoms with Crippen molar-refractivity contribution in [2.24, 2.45) is 5.73 Å². The first-order valence-corrected chi connectivity index (χ1v) is 7.12. The van der Waals surface area contributed by atoms with E-state index >= 15 is 0 Å². The first-order valence-electron chi connectivity index (χ1n) is 5.23. The number of nitrogens with two attached hydrogens (primary N) is 1. The molecule has 0 fully saturated rings. The highest BCUT2D eigenvalue weighted by molar-refractivity contribution is 7.90. The quantitative estimate of drug-likeness (QED) is 0.711. The zero-order valence-corrected chi connectivity index (χ0v) is 11.3. The van der Waals surface area contributed by atoms with Gasteiger partial charge in [0.05, 0.1) is 4.90 Å². The molecule has 0 saturated heterocycles. The summed E-state index contributed by atoms with van der Waals surface area (Å²) in [6.45, 7) is 1.19. The van der Waals surface area contributed by atoms with Crippen LogP contribution in [0.2, 0.25) is 0 Å². The average Bonchev–Trinajstić information content (AvgIpc) is 2.27. The van der Waals surface area contributed by atoms with E-state index in [1.807, 2.05) is 5.48 Å². The highest BCUT2D eigenvalue weighted by Gasteiger charge is 2.14. The van der Waals surface area contributed by atoms with Crippen molar-refractivity contribution in [2.75, 3.05) is 12.9 Å². The first-order chi connectivity index (χ1) is 8.71. The molecule has 1 rings (SSSR count). The Labute approximate surface area is 110 Å². The van der Waals surface area contributed by atoms with Gasteiger partial charge in [-0.25, -0.2) is 13.9 Å². The lowest BCUT2D eigenvalue weighted by Gasteiger charge is -2.08. The van der Waals surface area contributed by atoms with Crippen LogP contribution in [0.3, 0.4) is 0 Å². The fourth-order valence-electron chi connectivity index (χ4n) is 1.30. The predicted molar refractivity (Wildman–Crippen MR) is 66.9 cm³/mol. The molecule has 19 heavy (non-hydrogen) atoms. The molecule has 104 valence electrons. The maximum absolute atomic E-state index is 11.7. The number of benzene rings is 1. The van der Waals surface area contributed by atoms with Gasteiger partial charge in [-0.15, -0.1) is 0 Å². The number of aryl methyl sites for hydroxylation is 1. The monoisotopic (exact) mass is 286 g/mol. The van der Waals surface area contributed by atoms with Crippen molar-refractivity contribution in [3.05, 3.63) is 29.3 Å². The summed E-state index contributed by atoms with van der Waals surface area (Å²) in [6, 6.07) is 4.17. The predicted octanol–water partition coefficient (Wildman–Crippen LogP) is -0.455. The molecule has 0 saturated carbocycles. The molecule has 3 N–H and O–H groups in total. The molecule has 0 atom stereocenters. The van der Waals surface area contributed by atoms with Crippen LogP contribution in [0.5, 0.6) is 0 Å². The van der Waals surface area contributed by atoms with Gasteiger partial charge in [-0.2, -0.15) is 0 Å². The zero-order valence-electron chi connectivity index (χ0n) is 10.5. The van der Waals surface area contributed by atoms with E-state index in [-0.39, 0.29) is 10.5 Å². The molecule has 1 aromatic rings. The maximum atomic E-state index is 11.7. The van der Waals surface area contributed by atoms with Gasteiger partial charge in [-0.05, 0) is 24.6 Å². The van der Waals surface area contributed by atoms with Crippen molar-refractivity contribution in [1.29, 1.82) is 0 Å². The largest absolute Gasteiger partial charge is 0.368 e. The van der Waals surface area contributed by atoms with Crippen molar-refractivity contribution in [1.82, 2.24) is 5.48 Å². The number of hydrogen-bond donors (Lipinski definition) is 2. The van der Waals surface area contributed by atoms with Crippen LogP contribution in [-0.4, -0.2) is 33.1 Å². The molecular formula is C11H14N2O5S. The van der Waals surface area contributed by atoms with Crippen molar-refractivity contribution < 1.29 is 22.8 Å². The minimum absolute atomic E-state index is 0.0261. The Hall–Kier alpha value is -1.93. The van der Waals surface area contributed by atoms with Gasteiger partial charge in [0.25, 0.3) is 5.91 Å². The molecular weight excluding hydrogens is 272 g/mol. The number of carbonyl (C=O) groups excluding carboxylic acids is 2. The third-order valence-corrected chi connectivity index (χ3v) is 3.37. The summed E-state index contributed by atoms with van der Waals surface area (Å²) in [6.07, 6.45) is 1.04. The minimum atomic E-state index is -3.40. The number of primary amides is 1. The number of hydrogen-bond acceptors (Lipinski definition) is 5. The van der Waals surface area contributed by atoms with E-state index in [9.17, 15) is 18.0 Å². The van der Waals surface area contributed by atoms with E-state index in [1.165, 1.54) is 18.2 Å². The third-order valence-electron chi connectivity index (χ3n) is 2.26. The van der Waals surface area contributed by atoms with Crippen LogP contribution < -0.4 is 11.2 Å². The Balaban J connectivity index is 2.93. The van der Waals surface area contributed by atoms with E-state index < -0.39 is 28.3 Å². The van der Waals surface area contributed by atoms with Gasteiger partial charge in [0.1, 0.15) is 0 Å². The smallest absolute Gasteiger partial charge is 0.275 e. The Bertz CT molecular complexity index is 610. The Morgan fingerprint density at radius 3 is 2.53 bits per heavy atom. The molecule has 7 nitrogen and oxygen atoms in total. The molecule has 8 heteroatoms. The van der Waals surface area contributed by atoms with Crippen LogP contribution in [0.1, 0.15) is 15.9 Å². The number of rotatable bonds is 5. The van der Waals surface area contributed by atoms with Gasteiger partial charge in [0.15, 0.2) is 16.4 Å². The van der Waals surface area contributed by atoms with E-state index in [1.54, 1.807) is 6.92 Å². The molecule has 0 spiro atoms. The SMILES string of the molecule is Cc1ccc(S(C)(=O)=O)cc1C(=O)NOCC(N)=O. The third kappa shape index (κ3) is 4.34. The number of hydroxylamine groups is 1. The second kappa shape index (κ2) is 5.81. The van der Waals surface area contributed by atoms with Gasteiger partial charge in [-0.1, -0.05) is 6.07 Å². The summed E-state index contributed by atoms with van der Waals surface area (Å²) in [7, 11) is -3.40. The van der Waals surface area contributed by atoms with Crippen LogP contribution in [0, 0.1) is 6.92 Å². The molecule has 0 aromatic heterocycles. The Morgan fingerprint density at radius 1 is 1.37 bits per heavy atom. The van der Waals surface area contributed by atoms with Crippen molar-refractivity contribution in [3.63, 3.8) is 0 Å². The van der Waals surface area contributed by atoms with Crippen molar-refractivity contribution >= 4 is 21.7 Å². The van der Waals surface area contributed by atoms with Crippen molar-refractivity contribution in [3.8, 4) is 0 Å². The lowest BCUT2D eigenvalue weighted by molar-refractivity contribution is -0.124. The second-order valence-electron chi connectivity index (χ2n) is 3.94. The average molecular weight is 286 g/mol. The molecule has 2 amide bonds. The van der Waals surface area contributed by atoms with Crippen LogP contribution in [0.4, 0.5) is 0 Å². The fraction of sp³-hybridized carbons (Fsp3) is 0.273. The van der Waals surface area contributed by atoms with Gasteiger partial charge in [0.2, 0.25) is 5.91 Å².